The first-order valence-electron chi connectivity index (χ1n) is 5.84. The molecule has 1 aliphatic rings. The second-order valence-electron chi connectivity index (χ2n) is 4.53. The van der Waals surface area contributed by atoms with E-state index in [0.717, 1.165) is 6.26 Å². The third-order valence-corrected chi connectivity index (χ3v) is 3.48. The van der Waals surface area contributed by atoms with Crippen molar-refractivity contribution in [3.05, 3.63) is 0 Å². The molecular weight excluding hydrogens is 282 g/mol. The minimum absolute atomic E-state index is 0.0501. The van der Waals surface area contributed by atoms with Crippen LogP contribution in [0.4, 0.5) is 8.78 Å². The van der Waals surface area contributed by atoms with E-state index < -0.39 is 40.7 Å². The lowest BCUT2D eigenvalue weighted by Gasteiger charge is -2.11. The molecule has 0 radical (unpaired) electrons. The van der Waals surface area contributed by atoms with Crippen LogP contribution in [-0.4, -0.2) is 64.6 Å². The number of nitrogens with one attached hydrogen (secondary N) is 2. The molecule has 0 spiro atoms. The zero-order valence-electron chi connectivity index (χ0n) is 10.6. The number of ether oxygens (including phenoxy) is 1. The lowest BCUT2D eigenvalue weighted by atomic mass is 10.2. The highest BCUT2D eigenvalue weighted by atomic mass is 32.2. The van der Waals surface area contributed by atoms with Gasteiger partial charge in [-0.05, 0) is 0 Å². The summed E-state index contributed by atoms with van der Waals surface area (Å²) < 4.78 is 52.2. The SMILES string of the molecule is CS(=O)(=O)CCOCCNC(=O)C1CC(F)(F)CN1. The number of hydrogen-bond acceptors (Lipinski definition) is 5. The number of sulfone groups is 1. The Morgan fingerprint density at radius 2 is 2.16 bits per heavy atom. The molecule has 0 aromatic heterocycles. The summed E-state index contributed by atoms with van der Waals surface area (Å²) in [5, 5.41) is 4.89. The van der Waals surface area contributed by atoms with Crippen molar-refractivity contribution in [2.75, 3.05) is 38.3 Å². The van der Waals surface area contributed by atoms with Crippen LogP contribution in [0.1, 0.15) is 6.42 Å². The molecule has 19 heavy (non-hydrogen) atoms. The van der Waals surface area contributed by atoms with Crippen molar-refractivity contribution >= 4 is 15.7 Å². The normalized spacial score (nSPS) is 22.4. The Hall–Kier alpha value is -0.800. The summed E-state index contributed by atoms with van der Waals surface area (Å²) in [5.74, 6) is -3.42. The van der Waals surface area contributed by atoms with Crippen molar-refractivity contribution in [1.29, 1.82) is 0 Å². The summed E-state index contributed by atoms with van der Waals surface area (Å²) in [6.45, 7) is -0.138. The number of hydrogen-bond donors (Lipinski definition) is 2. The Labute approximate surface area is 110 Å². The first-order chi connectivity index (χ1) is 8.70. The highest BCUT2D eigenvalue weighted by molar-refractivity contribution is 7.90. The number of rotatable bonds is 7. The molecule has 1 rings (SSSR count). The van der Waals surface area contributed by atoms with Gasteiger partial charge >= 0.3 is 0 Å². The molecule has 6 nitrogen and oxygen atoms in total. The van der Waals surface area contributed by atoms with E-state index in [2.05, 4.69) is 10.6 Å². The summed E-state index contributed by atoms with van der Waals surface area (Å²) in [5.41, 5.74) is 0. The van der Waals surface area contributed by atoms with Gasteiger partial charge in [-0.2, -0.15) is 0 Å². The van der Waals surface area contributed by atoms with Crippen molar-refractivity contribution in [3.8, 4) is 0 Å². The van der Waals surface area contributed by atoms with Crippen LogP contribution in [0.2, 0.25) is 0 Å². The van der Waals surface area contributed by atoms with Gasteiger partial charge in [-0.3, -0.25) is 10.1 Å². The standard InChI is InChI=1S/C10H18F2N2O4S/c1-19(16,17)5-4-18-3-2-13-9(15)8-6-10(11,12)7-14-8/h8,14H,2-7H2,1H3,(H,13,15). The first-order valence-corrected chi connectivity index (χ1v) is 7.90. The van der Waals surface area contributed by atoms with Gasteiger partial charge < -0.3 is 10.1 Å². The molecule has 0 aliphatic carbocycles. The fourth-order valence-electron chi connectivity index (χ4n) is 1.58. The van der Waals surface area contributed by atoms with Crippen molar-refractivity contribution in [3.63, 3.8) is 0 Å². The fraction of sp³-hybridized carbons (Fsp3) is 0.900. The smallest absolute Gasteiger partial charge is 0.262 e. The molecule has 1 saturated heterocycles. The predicted octanol–water partition coefficient (Wildman–Crippen LogP) is -0.839. The molecule has 2 N–H and O–H groups in total. The fourth-order valence-corrected chi connectivity index (χ4v) is 2.00. The van der Waals surface area contributed by atoms with Gasteiger partial charge in [0.15, 0.2) is 0 Å². The molecule has 1 atom stereocenters. The Kier molecular flexibility index (Phi) is 5.63. The van der Waals surface area contributed by atoms with Gasteiger partial charge in [0.1, 0.15) is 9.84 Å². The van der Waals surface area contributed by atoms with E-state index in [9.17, 15) is 22.0 Å². The molecule has 1 aliphatic heterocycles. The lowest BCUT2D eigenvalue weighted by Crippen LogP contribution is -2.41. The summed E-state index contributed by atoms with van der Waals surface area (Å²) in [6.07, 6.45) is 0.595. The Bertz CT molecular complexity index is 414. The largest absolute Gasteiger partial charge is 0.379 e. The van der Waals surface area contributed by atoms with Gasteiger partial charge in [-0.15, -0.1) is 0 Å². The van der Waals surface area contributed by atoms with E-state index in [1.165, 1.54) is 0 Å². The van der Waals surface area contributed by atoms with Crippen LogP contribution >= 0.6 is 0 Å². The van der Waals surface area contributed by atoms with Gasteiger partial charge in [0, 0.05) is 19.2 Å². The van der Waals surface area contributed by atoms with Crippen LogP contribution < -0.4 is 10.6 Å². The van der Waals surface area contributed by atoms with Crippen LogP contribution in [-0.2, 0) is 19.4 Å². The van der Waals surface area contributed by atoms with Crippen molar-refractivity contribution < 1.29 is 26.7 Å². The number of amides is 1. The maximum Gasteiger partial charge on any atom is 0.262 e. The highest BCUT2D eigenvalue weighted by Crippen LogP contribution is 2.24. The van der Waals surface area contributed by atoms with Crippen LogP contribution in [0.5, 0.6) is 0 Å². The number of halogens is 2. The number of carbonyl (C=O) groups is 1. The highest BCUT2D eigenvalue weighted by Gasteiger charge is 2.42. The molecule has 0 aromatic carbocycles. The zero-order valence-corrected chi connectivity index (χ0v) is 11.4. The Balaban J connectivity index is 2.08. The monoisotopic (exact) mass is 300 g/mol. The third kappa shape index (κ3) is 6.79. The van der Waals surface area contributed by atoms with E-state index in [-0.39, 0.29) is 25.5 Å². The Morgan fingerprint density at radius 1 is 1.47 bits per heavy atom. The van der Waals surface area contributed by atoms with Crippen molar-refractivity contribution in [2.24, 2.45) is 0 Å². The van der Waals surface area contributed by atoms with Crippen LogP contribution in [0.15, 0.2) is 0 Å². The van der Waals surface area contributed by atoms with E-state index in [1.54, 1.807) is 0 Å². The van der Waals surface area contributed by atoms with Crippen molar-refractivity contribution in [2.45, 2.75) is 18.4 Å². The van der Waals surface area contributed by atoms with Crippen LogP contribution in [0, 0.1) is 0 Å². The Morgan fingerprint density at radius 3 is 2.68 bits per heavy atom. The zero-order chi connectivity index (χ0) is 14.5. The maximum absolute atomic E-state index is 12.8. The van der Waals surface area contributed by atoms with Crippen molar-refractivity contribution in [1.82, 2.24) is 10.6 Å². The van der Waals surface area contributed by atoms with Gasteiger partial charge in [0.25, 0.3) is 5.92 Å². The van der Waals surface area contributed by atoms with Gasteiger partial charge in [0.05, 0.1) is 31.6 Å². The molecule has 1 amide bonds. The quantitative estimate of drug-likeness (QED) is 0.599. The molecular formula is C10H18F2N2O4S. The van der Waals surface area contributed by atoms with E-state index in [4.69, 9.17) is 4.74 Å². The van der Waals surface area contributed by atoms with E-state index in [0.29, 0.717) is 0 Å². The molecule has 112 valence electrons. The minimum atomic E-state index is -3.06. The van der Waals surface area contributed by atoms with Gasteiger partial charge in [-0.1, -0.05) is 0 Å². The predicted molar refractivity (Wildman–Crippen MR) is 64.9 cm³/mol. The molecule has 0 aromatic rings. The summed E-state index contributed by atoms with van der Waals surface area (Å²) in [7, 11) is -3.06. The third-order valence-electron chi connectivity index (χ3n) is 2.57. The molecule has 0 saturated carbocycles. The second-order valence-corrected chi connectivity index (χ2v) is 6.79. The summed E-state index contributed by atoms with van der Waals surface area (Å²) in [6, 6.07) is -0.883. The lowest BCUT2D eigenvalue weighted by molar-refractivity contribution is -0.123. The van der Waals surface area contributed by atoms with Gasteiger partial charge in [-0.25, -0.2) is 17.2 Å². The topological polar surface area (TPSA) is 84.5 Å². The van der Waals surface area contributed by atoms with E-state index >= 15 is 0 Å². The average molecular weight is 300 g/mol. The maximum atomic E-state index is 12.8. The van der Waals surface area contributed by atoms with Gasteiger partial charge in [0.2, 0.25) is 5.91 Å². The first kappa shape index (κ1) is 16.3. The number of alkyl halides is 2. The summed E-state index contributed by atoms with van der Waals surface area (Å²) >= 11 is 0. The molecule has 1 unspecified atom stereocenters. The van der Waals surface area contributed by atoms with Crippen LogP contribution in [0.3, 0.4) is 0 Å². The molecule has 1 fully saturated rings. The number of carbonyl (C=O) groups excluding carboxylic acids is 1. The molecule has 0 bridgehead atoms. The second kappa shape index (κ2) is 6.58. The van der Waals surface area contributed by atoms with E-state index in [1.807, 2.05) is 0 Å². The van der Waals surface area contributed by atoms with Crippen LogP contribution in [0.25, 0.3) is 0 Å². The molecule has 1 heterocycles. The summed E-state index contributed by atoms with van der Waals surface area (Å²) in [4.78, 5) is 11.5. The minimum Gasteiger partial charge on any atom is -0.379 e. The molecule has 9 heteroatoms. The average Bonchev–Trinajstić information content (AvgIpc) is 2.62.